The number of ether oxygens (including phenoxy) is 1. The van der Waals surface area contributed by atoms with Crippen LogP contribution in [0.3, 0.4) is 0 Å². The molecule has 1 unspecified atom stereocenters. The Bertz CT molecular complexity index is 673. The van der Waals surface area contributed by atoms with Gasteiger partial charge < -0.3 is 4.74 Å². The number of halogens is 1. The molecule has 2 aromatic rings. The number of rotatable bonds is 6. The Hall–Kier alpha value is -1.05. The van der Waals surface area contributed by atoms with Crippen LogP contribution in [-0.2, 0) is 6.54 Å². The first-order valence-electron chi connectivity index (χ1n) is 8.53. The summed E-state index contributed by atoms with van der Waals surface area (Å²) in [6, 6.07) is 0.462. The van der Waals surface area contributed by atoms with E-state index >= 15 is 0 Å². The molecule has 24 heavy (non-hydrogen) atoms. The average Bonchev–Trinajstić information content (AvgIpc) is 3.35. The number of thiazole rings is 1. The second kappa shape index (κ2) is 7.45. The number of hydrogen-bond acceptors (Lipinski definition) is 6. The van der Waals surface area contributed by atoms with Gasteiger partial charge in [-0.05, 0) is 48.2 Å². The van der Waals surface area contributed by atoms with E-state index in [0.29, 0.717) is 18.5 Å². The van der Waals surface area contributed by atoms with Crippen LogP contribution >= 0.6 is 27.3 Å². The first-order chi connectivity index (χ1) is 11.8. The van der Waals surface area contributed by atoms with Crippen molar-refractivity contribution in [2.45, 2.75) is 38.1 Å². The standard InChI is InChI=1S/C17H21BrN4OS/c18-14-6-19-17(20-7-14)23-10-12-2-1-5-22(8-12)9-15-11-24-16(21-15)13-3-4-13/h6-7,11-13H,1-5,8-10H2. The minimum atomic E-state index is 0.462. The highest BCUT2D eigenvalue weighted by Crippen LogP contribution is 2.41. The van der Waals surface area contributed by atoms with Gasteiger partial charge in [-0.25, -0.2) is 15.0 Å². The Balaban J connectivity index is 1.27. The van der Waals surface area contributed by atoms with Crippen LogP contribution in [-0.4, -0.2) is 39.5 Å². The van der Waals surface area contributed by atoms with E-state index in [1.807, 2.05) is 11.3 Å². The van der Waals surface area contributed by atoms with E-state index in [2.05, 4.69) is 36.2 Å². The normalized spacial score (nSPS) is 21.8. The van der Waals surface area contributed by atoms with Gasteiger partial charge in [0.05, 0.1) is 21.8 Å². The molecule has 0 bridgehead atoms. The molecular weight excluding hydrogens is 388 g/mol. The Morgan fingerprint density at radius 3 is 2.88 bits per heavy atom. The van der Waals surface area contributed by atoms with Gasteiger partial charge in [-0.15, -0.1) is 11.3 Å². The molecule has 3 heterocycles. The second-order valence-electron chi connectivity index (χ2n) is 6.69. The van der Waals surface area contributed by atoms with E-state index in [0.717, 1.165) is 30.0 Å². The summed E-state index contributed by atoms with van der Waals surface area (Å²) in [6.07, 6.45) is 8.51. The van der Waals surface area contributed by atoms with Crippen molar-refractivity contribution in [1.82, 2.24) is 19.9 Å². The van der Waals surface area contributed by atoms with Crippen LogP contribution in [0.5, 0.6) is 6.01 Å². The Morgan fingerprint density at radius 2 is 2.08 bits per heavy atom. The van der Waals surface area contributed by atoms with Crippen molar-refractivity contribution in [2.75, 3.05) is 19.7 Å². The zero-order valence-corrected chi connectivity index (χ0v) is 15.9. The predicted molar refractivity (Wildman–Crippen MR) is 97.3 cm³/mol. The summed E-state index contributed by atoms with van der Waals surface area (Å²) in [6.45, 7) is 3.87. The molecule has 1 atom stereocenters. The highest BCUT2D eigenvalue weighted by molar-refractivity contribution is 9.10. The highest BCUT2D eigenvalue weighted by atomic mass is 79.9. The number of aromatic nitrogens is 3. The van der Waals surface area contributed by atoms with Crippen molar-refractivity contribution < 1.29 is 4.74 Å². The lowest BCUT2D eigenvalue weighted by molar-refractivity contribution is 0.120. The summed E-state index contributed by atoms with van der Waals surface area (Å²) in [5.74, 6) is 1.30. The summed E-state index contributed by atoms with van der Waals surface area (Å²) >= 11 is 5.17. The molecule has 1 saturated heterocycles. The number of piperidine rings is 1. The summed E-state index contributed by atoms with van der Waals surface area (Å²) < 4.78 is 6.63. The minimum Gasteiger partial charge on any atom is -0.463 e. The van der Waals surface area contributed by atoms with Crippen molar-refractivity contribution >= 4 is 27.3 Å². The maximum Gasteiger partial charge on any atom is 0.316 e. The van der Waals surface area contributed by atoms with E-state index in [9.17, 15) is 0 Å². The molecule has 4 rings (SSSR count). The third-order valence-electron chi connectivity index (χ3n) is 4.53. The molecule has 2 aromatic heterocycles. The van der Waals surface area contributed by atoms with E-state index in [1.165, 1.54) is 36.4 Å². The fraction of sp³-hybridized carbons (Fsp3) is 0.588. The van der Waals surface area contributed by atoms with Crippen LogP contribution in [0.15, 0.2) is 22.2 Å². The SMILES string of the molecule is Brc1cnc(OCC2CCCN(Cc3csc(C4CC4)n3)C2)nc1. The van der Waals surface area contributed by atoms with E-state index in [4.69, 9.17) is 9.72 Å². The molecule has 0 aromatic carbocycles. The molecule has 0 radical (unpaired) electrons. The van der Waals surface area contributed by atoms with Gasteiger partial charge in [0.2, 0.25) is 0 Å². The molecule has 128 valence electrons. The number of hydrogen-bond donors (Lipinski definition) is 0. The van der Waals surface area contributed by atoms with Crippen LogP contribution in [0.25, 0.3) is 0 Å². The van der Waals surface area contributed by atoms with Crippen LogP contribution in [0.1, 0.15) is 42.3 Å². The molecule has 7 heteroatoms. The molecule has 0 spiro atoms. The van der Waals surface area contributed by atoms with Gasteiger partial charge in [0, 0.05) is 42.7 Å². The van der Waals surface area contributed by atoms with Gasteiger partial charge in [0.25, 0.3) is 0 Å². The largest absolute Gasteiger partial charge is 0.463 e. The van der Waals surface area contributed by atoms with Crippen molar-refractivity contribution in [3.63, 3.8) is 0 Å². The minimum absolute atomic E-state index is 0.462. The molecule has 2 aliphatic rings. The Labute approximate surface area is 154 Å². The lowest BCUT2D eigenvalue weighted by Gasteiger charge is -2.31. The third-order valence-corrected chi connectivity index (χ3v) is 6.00. The van der Waals surface area contributed by atoms with Crippen LogP contribution in [0.2, 0.25) is 0 Å². The average molecular weight is 409 g/mol. The maximum absolute atomic E-state index is 5.76. The topological polar surface area (TPSA) is 51.1 Å². The predicted octanol–water partition coefficient (Wildman–Crippen LogP) is 3.86. The molecule has 0 N–H and O–H groups in total. The van der Waals surface area contributed by atoms with Crippen molar-refractivity contribution in [3.05, 3.63) is 32.9 Å². The zero-order chi connectivity index (χ0) is 16.4. The van der Waals surface area contributed by atoms with E-state index < -0.39 is 0 Å². The Kier molecular flexibility index (Phi) is 5.10. The smallest absolute Gasteiger partial charge is 0.316 e. The molecule has 1 saturated carbocycles. The summed E-state index contributed by atoms with van der Waals surface area (Å²) in [4.78, 5) is 15.7. The molecular formula is C17H21BrN4OS. The van der Waals surface area contributed by atoms with Gasteiger partial charge >= 0.3 is 6.01 Å². The molecule has 1 aliphatic carbocycles. The highest BCUT2D eigenvalue weighted by Gasteiger charge is 2.27. The molecule has 1 aliphatic heterocycles. The lowest BCUT2D eigenvalue weighted by atomic mass is 9.99. The first-order valence-corrected chi connectivity index (χ1v) is 10.2. The fourth-order valence-electron chi connectivity index (χ4n) is 3.14. The second-order valence-corrected chi connectivity index (χ2v) is 8.49. The molecule has 0 amide bonds. The number of likely N-dealkylation sites (tertiary alicyclic amines) is 1. The molecule has 5 nitrogen and oxygen atoms in total. The van der Waals surface area contributed by atoms with Crippen LogP contribution in [0.4, 0.5) is 0 Å². The lowest BCUT2D eigenvalue weighted by Crippen LogP contribution is -2.37. The van der Waals surface area contributed by atoms with Crippen molar-refractivity contribution in [1.29, 1.82) is 0 Å². The fourth-order valence-corrected chi connectivity index (χ4v) is 4.33. The van der Waals surface area contributed by atoms with Gasteiger partial charge in [-0.3, -0.25) is 4.90 Å². The van der Waals surface area contributed by atoms with Crippen LogP contribution < -0.4 is 4.74 Å². The summed E-state index contributed by atoms with van der Waals surface area (Å²) in [7, 11) is 0. The zero-order valence-electron chi connectivity index (χ0n) is 13.5. The maximum atomic E-state index is 5.76. The Morgan fingerprint density at radius 1 is 1.25 bits per heavy atom. The van der Waals surface area contributed by atoms with Gasteiger partial charge in [-0.1, -0.05) is 0 Å². The van der Waals surface area contributed by atoms with E-state index in [-0.39, 0.29) is 0 Å². The van der Waals surface area contributed by atoms with Gasteiger partial charge in [-0.2, -0.15) is 0 Å². The van der Waals surface area contributed by atoms with E-state index in [1.54, 1.807) is 12.4 Å². The first kappa shape index (κ1) is 16.4. The van der Waals surface area contributed by atoms with Gasteiger partial charge in [0.15, 0.2) is 0 Å². The quantitative estimate of drug-likeness (QED) is 0.725. The van der Waals surface area contributed by atoms with Crippen molar-refractivity contribution in [2.24, 2.45) is 5.92 Å². The number of nitrogens with zero attached hydrogens (tertiary/aromatic N) is 4. The monoisotopic (exact) mass is 408 g/mol. The molecule has 2 fully saturated rings. The third kappa shape index (κ3) is 4.32. The summed E-state index contributed by atoms with van der Waals surface area (Å²) in [5.41, 5.74) is 1.24. The van der Waals surface area contributed by atoms with Crippen LogP contribution in [0, 0.1) is 5.92 Å². The summed E-state index contributed by atoms with van der Waals surface area (Å²) in [5, 5.41) is 3.58. The van der Waals surface area contributed by atoms with Crippen molar-refractivity contribution in [3.8, 4) is 6.01 Å². The van der Waals surface area contributed by atoms with Gasteiger partial charge in [0.1, 0.15) is 0 Å².